The van der Waals surface area contributed by atoms with Crippen LogP contribution in [0.4, 0.5) is 0 Å². The molecule has 0 aliphatic carbocycles. The van der Waals surface area contributed by atoms with Gasteiger partial charge in [-0.25, -0.2) is 0 Å². The zero-order chi connectivity index (χ0) is 7.72. The molecule has 0 radical (unpaired) electrons. The SMILES string of the molecule is Oc1ccc(Cl)c(Cl)c1Cl.[Ti]. The molecule has 5 heteroatoms. The molecule has 1 nitrogen and oxygen atoms in total. The van der Waals surface area contributed by atoms with Gasteiger partial charge in [0.1, 0.15) is 10.8 Å². The maximum absolute atomic E-state index is 8.95. The summed E-state index contributed by atoms with van der Waals surface area (Å²) in [4.78, 5) is 0. The topological polar surface area (TPSA) is 20.2 Å². The van der Waals surface area contributed by atoms with Gasteiger partial charge in [0.2, 0.25) is 0 Å². The van der Waals surface area contributed by atoms with Gasteiger partial charge in [0.25, 0.3) is 0 Å². The van der Waals surface area contributed by atoms with Gasteiger partial charge in [-0.1, -0.05) is 34.8 Å². The van der Waals surface area contributed by atoms with Gasteiger partial charge in [-0.2, -0.15) is 0 Å². The second kappa shape index (κ2) is 4.59. The fourth-order valence-corrected chi connectivity index (χ4v) is 1.05. The van der Waals surface area contributed by atoms with Crippen LogP contribution in [-0.2, 0) is 21.7 Å². The summed E-state index contributed by atoms with van der Waals surface area (Å²) in [7, 11) is 0. The Balaban J connectivity index is 0.000001000. The normalized spacial score (nSPS) is 9.00. The molecule has 0 saturated heterocycles. The molecule has 0 fully saturated rings. The minimum absolute atomic E-state index is 0. The molecule has 58 valence electrons. The predicted molar refractivity (Wildman–Crippen MR) is 43.1 cm³/mol. The van der Waals surface area contributed by atoms with Crippen LogP contribution in [0, 0.1) is 0 Å². The van der Waals surface area contributed by atoms with Gasteiger partial charge in [0.15, 0.2) is 0 Å². The summed E-state index contributed by atoms with van der Waals surface area (Å²) in [6.07, 6.45) is 0. The number of aromatic hydroxyl groups is 1. The van der Waals surface area contributed by atoms with Crippen LogP contribution in [0.2, 0.25) is 15.1 Å². The van der Waals surface area contributed by atoms with Crippen molar-refractivity contribution in [3.8, 4) is 5.75 Å². The Hall–Kier alpha value is 0.604. The molecule has 0 atom stereocenters. The maximum atomic E-state index is 8.95. The molecule has 0 aromatic heterocycles. The summed E-state index contributed by atoms with van der Waals surface area (Å²) in [5, 5.41) is 9.56. The Bertz CT molecular complexity index is 237. The van der Waals surface area contributed by atoms with Crippen molar-refractivity contribution >= 4 is 34.8 Å². The molecule has 11 heavy (non-hydrogen) atoms. The minimum atomic E-state index is -0.0592. The molecule has 0 saturated carbocycles. The van der Waals surface area contributed by atoms with E-state index in [0.29, 0.717) is 5.02 Å². The Morgan fingerprint density at radius 1 is 1.00 bits per heavy atom. The fourth-order valence-electron chi connectivity index (χ4n) is 0.516. The molecule has 0 unspecified atom stereocenters. The largest absolute Gasteiger partial charge is 0.506 e. The summed E-state index contributed by atoms with van der Waals surface area (Å²) >= 11 is 16.6. The zero-order valence-electron chi connectivity index (χ0n) is 5.24. The van der Waals surface area contributed by atoms with Crippen LogP contribution < -0.4 is 0 Å². The van der Waals surface area contributed by atoms with Gasteiger partial charge in [0.05, 0.1) is 10.0 Å². The van der Waals surface area contributed by atoms with Crippen molar-refractivity contribution in [2.75, 3.05) is 0 Å². The average Bonchev–Trinajstić information content (AvgIpc) is 1.93. The predicted octanol–water partition coefficient (Wildman–Crippen LogP) is 3.35. The van der Waals surface area contributed by atoms with Gasteiger partial charge in [-0.3, -0.25) is 0 Å². The van der Waals surface area contributed by atoms with Gasteiger partial charge < -0.3 is 5.11 Å². The number of hydrogen-bond acceptors (Lipinski definition) is 1. The number of phenols is 1. The molecule has 0 aliphatic heterocycles. The van der Waals surface area contributed by atoms with E-state index in [9.17, 15) is 0 Å². The summed E-state index contributed by atoms with van der Waals surface area (Å²) < 4.78 is 0. The number of rotatable bonds is 0. The molecule has 0 heterocycles. The Kier molecular flexibility index (Phi) is 4.84. The van der Waals surface area contributed by atoms with E-state index >= 15 is 0 Å². The van der Waals surface area contributed by atoms with Gasteiger partial charge in [0, 0.05) is 21.7 Å². The van der Waals surface area contributed by atoms with Crippen LogP contribution in [0.3, 0.4) is 0 Å². The second-order valence-corrected chi connectivity index (χ2v) is 2.86. The number of phenolic OH excluding ortho intramolecular Hbond substituents is 1. The first kappa shape index (κ1) is 11.6. The van der Waals surface area contributed by atoms with Gasteiger partial charge in [-0.05, 0) is 12.1 Å². The summed E-state index contributed by atoms with van der Waals surface area (Å²) in [5.41, 5.74) is 0. The van der Waals surface area contributed by atoms with Crippen molar-refractivity contribution in [2.45, 2.75) is 0 Å². The van der Waals surface area contributed by atoms with Crippen LogP contribution in [-0.4, -0.2) is 5.11 Å². The van der Waals surface area contributed by atoms with Gasteiger partial charge >= 0.3 is 0 Å². The van der Waals surface area contributed by atoms with Crippen LogP contribution in [0.5, 0.6) is 5.75 Å². The monoisotopic (exact) mass is 244 g/mol. The Labute approximate surface area is 94.1 Å². The summed E-state index contributed by atoms with van der Waals surface area (Å²) in [6.45, 7) is 0. The maximum Gasteiger partial charge on any atom is 0.135 e. The summed E-state index contributed by atoms with van der Waals surface area (Å²) in [5.74, 6) is -0.0592. The first-order valence-electron chi connectivity index (χ1n) is 2.45. The van der Waals surface area contributed by atoms with Crippen molar-refractivity contribution in [3.63, 3.8) is 0 Å². The van der Waals surface area contributed by atoms with E-state index in [1.165, 1.54) is 12.1 Å². The standard InChI is InChI=1S/C6H3Cl3O.Ti/c7-3-1-2-4(10)6(9)5(3)8;/h1-2,10H;. The van der Waals surface area contributed by atoms with E-state index in [2.05, 4.69) is 0 Å². The third-order valence-corrected chi connectivity index (χ3v) is 2.30. The Morgan fingerprint density at radius 2 is 1.55 bits per heavy atom. The number of benzene rings is 1. The van der Waals surface area contributed by atoms with E-state index in [4.69, 9.17) is 39.9 Å². The smallest absolute Gasteiger partial charge is 0.135 e. The van der Waals surface area contributed by atoms with Crippen molar-refractivity contribution in [1.82, 2.24) is 0 Å². The first-order chi connectivity index (χ1) is 4.63. The third-order valence-electron chi connectivity index (χ3n) is 1.01. The van der Waals surface area contributed by atoms with Crippen molar-refractivity contribution in [3.05, 3.63) is 27.2 Å². The number of halogens is 3. The second-order valence-electron chi connectivity index (χ2n) is 1.69. The van der Waals surface area contributed by atoms with Crippen LogP contribution in [0.15, 0.2) is 12.1 Å². The number of hydrogen-bond donors (Lipinski definition) is 1. The molecule has 1 aromatic carbocycles. The van der Waals surface area contributed by atoms with E-state index < -0.39 is 0 Å². The summed E-state index contributed by atoms with van der Waals surface area (Å²) in [6, 6.07) is 2.86. The third kappa shape index (κ3) is 2.53. The van der Waals surface area contributed by atoms with E-state index in [1.54, 1.807) is 0 Å². The first-order valence-corrected chi connectivity index (χ1v) is 3.59. The minimum Gasteiger partial charge on any atom is -0.506 e. The molecule has 1 N–H and O–H groups in total. The van der Waals surface area contributed by atoms with Gasteiger partial charge in [-0.15, -0.1) is 0 Å². The van der Waals surface area contributed by atoms with Crippen LogP contribution >= 0.6 is 34.8 Å². The van der Waals surface area contributed by atoms with Crippen molar-refractivity contribution in [1.29, 1.82) is 0 Å². The Morgan fingerprint density at radius 3 is 2.00 bits per heavy atom. The quantitative estimate of drug-likeness (QED) is 0.549. The van der Waals surface area contributed by atoms with Crippen molar-refractivity contribution in [2.24, 2.45) is 0 Å². The van der Waals surface area contributed by atoms with Crippen LogP contribution in [0.25, 0.3) is 0 Å². The van der Waals surface area contributed by atoms with Crippen molar-refractivity contribution < 1.29 is 26.8 Å². The van der Waals surface area contributed by atoms with Crippen LogP contribution in [0.1, 0.15) is 0 Å². The molecule has 1 rings (SSSR count). The average molecular weight is 245 g/mol. The zero-order valence-corrected chi connectivity index (χ0v) is 9.07. The molecule has 0 spiro atoms. The molecule has 0 amide bonds. The van der Waals surface area contributed by atoms with E-state index in [1.807, 2.05) is 0 Å². The molecule has 0 bridgehead atoms. The molecular formula is C6H3Cl3OTi. The molecule has 0 aliphatic rings. The fraction of sp³-hybridized carbons (Fsp3) is 0. The van der Waals surface area contributed by atoms with E-state index in [0.717, 1.165) is 0 Å². The molecule has 1 aromatic rings. The molecular weight excluding hydrogens is 242 g/mol. The van der Waals surface area contributed by atoms with E-state index in [-0.39, 0.29) is 37.5 Å².